The number of aryl methyl sites for hydroxylation is 1. The summed E-state index contributed by atoms with van der Waals surface area (Å²) in [6.07, 6.45) is 0. The van der Waals surface area contributed by atoms with E-state index in [9.17, 15) is 0 Å². The molecule has 0 spiro atoms. The van der Waals surface area contributed by atoms with Crippen molar-refractivity contribution in [1.29, 1.82) is 0 Å². The van der Waals surface area contributed by atoms with Crippen LogP contribution < -0.4 is 5.19 Å². The van der Waals surface area contributed by atoms with Gasteiger partial charge in [-0.3, -0.25) is 0 Å². The van der Waals surface area contributed by atoms with Gasteiger partial charge in [-0.2, -0.15) is 5.70 Å². The summed E-state index contributed by atoms with van der Waals surface area (Å²) in [4.78, 5) is 0. The summed E-state index contributed by atoms with van der Waals surface area (Å²) in [5.41, 5.74) is 6.90. The average Bonchev–Trinajstić information content (AvgIpc) is 2.56. The van der Waals surface area contributed by atoms with Crippen LogP contribution >= 0.6 is 24.8 Å². The largest absolute Gasteiger partial charge is 0.682 e. The van der Waals surface area contributed by atoms with Crippen LogP contribution in [0.4, 0.5) is 0 Å². The van der Waals surface area contributed by atoms with Gasteiger partial charge in [-0.25, -0.2) is 0 Å². The molecule has 1 aliphatic rings. The smallest absolute Gasteiger partial charge is 0.0963 e. The normalized spacial score (nSPS) is 19.8. The molecule has 0 fully saturated rings. The van der Waals surface area contributed by atoms with Crippen molar-refractivity contribution in [3.8, 4) is 0 Å². The third kappa shape index (κ3) is 5.74. The predicted octanol–water partition coefficient (Wildman–Crippen LogP) is 6.14. The number of hydrogen-bond donors (Lipinski definition) is 0. The van der Waals surface area contributed by atoms with Gasteiger partial charge in [-0.05, 0) is 32.7 Å². The first-order valence-electron chi connectivity index (χ1n) is 8.02. The third-order valence-electron chi connectivity index (χ3n) is 4.68. The van der Waals surface area contributed by atoms with Gasteiger partial charge in [0.1, 0.15) is 0 Å². The first-order chi connectivity index (χ1) is 10.1. The van der Waals surface area contributed by atoms with Crippen molar-refractivity contribution in [2.75, 3.05) is 0 Å². The monoisotopic (exact) mass is 430 g/mol. The summed E-state index contributed by atoms with van der Waals surface area (Å²) in [7, 11) is 0.719. The Labute approximate surface area is 184 Å². The van der Waals surface area contributed by atoms with Gasteiger partial charge in [-0.1, -0.05) is 79.4 Å². The van der Waals surface area contributed by atoms with E-state index in [4.69, 9.17) is 5.32 Å². The molecule has 0 aromatic heterocycles. The fraction of sp³-hybridized carbons (Fsp3) is 0.500. The SMILES string of the molecule is CC1=C(C)C(C)([Si]c2ccccc2C)C([N-]C(C)(C)C)=C1C.Cl.Cl.[Ti]. The summed E-state index contributed by atoms with van der Waals surface area (Å²) in [5.74, 6) is 0. The molecule has 1 aromatic carbocycles. The van der Waals surface area contributed by atoms with Crippen LogP contribution in [0.3, 0.4) is 0 Å². The Morgan fingerprint density at radius 3 is 1.92 bits per heavy atom. The van der Waals surface area contributed by atoms with E-state index in [1.54, 1.807) is 0 Å². The van der Waals surface area contributed by atoms with E-state index in [1.807, 2.05) is 0 Å². The van der Waals surface area contributed by atoms with Gasteiger partial charge < -0.3 is 5.32 Å². The van der Waals surface area contributed by atoms with Gasteiger partial charge in [0.05, 0.1) is 9.52 Å². The Morgan fingerprint density at radius 2 is 1.44 bits per heavy atom. The van der Waals surface area contributed by atoms with E-state index in [0.29, 0.717) is 0 Å². The molecule has 0 amide bonds. The van der Waals surface area contributed by atoms with E-state index >= 15 is 0 Å². The molecule has 0 bridgehead atoms. The molecule has 1 atom stereocenters. The van der Waals surface area contributed by atoms with Crippen molar-refractivity contribution in [3.05, 3.63) is 57.6 Å². The van der Waals surface area contributed by atoms with E-state index < -0.39 is 0 Å². The van der Waals surface area contributed by atoms with E-state index in [1.165, 1.54) is 33.2 Å². The molecule has 25 heavy (non-hydrogen) atoms. The fourth-order valence-electron chi connectivity index (χ4n) is 3.05. The second kappa shape index (κ2) is 9.80. The van der Waals surface area contributed by atoms with Gasteiger partial charge in [0.25, 0.3) is 0 Å². The predicted molar refractivity (Wildman–Crippen MR) is 114 cm³/mol. The Balaban J connectivity index is 0. The van der Waals surface area contributed by atoms with Crippen LogP contribution in [0.2, 0.25) is 5.04 Å². The minimum atomic E-state index is -0.0427. The van der Waals surface area contributed by atoms with Gasteiger partial charge in [0, 0.05) is 21.7 Å². The molecule has 2 radical (unpaired) electrons. The molecule has 0 saturated heterocycles. The van der Waals surface area contributed by atoms with Crippen LogP contribution in [0.5, 0.6) is 0 Å². The van der Waals surface area contributed by atoms with Crippen LogP contribution in [0.25, 0.3) is 5.32 Å². The van der Waals surface area contributed by atoms with Crippen LogP contribution in [0, 0.1) is 6.92 Å². The average molecular weight is 431 g/mol. The second-order valence-corrected chi connectivity index (χ2v) is 9.36. The first-order valence-corrected chi connectivity index (χ1v) is 9.02. The van der Waals surface area contributed by atoms with E-state index in [2.05, 4.69) is 79.7 Å². The fourth-order valence-corrected chi connectivity index (χ4v) is 4.79. The molecule has 5 heteroatoms. The summed E-state index contributed by atoms with van der Waals surface area (Å²) in [6.45, 7) is 17.9. The topological polar surface area (TPSA) is 14.1 Å². The van der Waals surface area contributed by atoms with Crippen LogP contribution in [-0.4, -0.2) is 15.1 Å². The molecular weight excluding hydrogens is 401 g/mol. The number of nitrogens with zero attached hydrogens (tertiary/aromatic N) is 1. The molecule has 0 N–H and O–H groups in total. The molecule has 0 heterocycles. The number of hydrogen-bond acceptors (Lipinski definition) is 0. The Morgan fingerprint density at radius 1 is 0.920 bits per heavy atom. The number of rotatable bonds is 3. The van der Waals surface area contributed by atoms with Crippen molar-refractivity contribution in [2.24, 2.45) is 0 Å². The number of halogens is 2. The maximum atomic E-state index is 5.11. The number of allylic oxidation sites excluding steroid dienone is 3. The minimum absolute atomic E-state index is 0. The minimum Gasteiger partial charge on any atom is -0.682 e. The quantitative estimate of drug-likeness (QED) is 0.511. The molecular formula is C20H30Cl2NSiTi-. The van der Waals surface area contributed by atoms with E-state index in [0.717, 1.165) is 9.52 Å². The summed E-state index contributed by atoms with van der Waals surface area (Å²) in [5, 5.41) is 6.60. The van der Waals surface area contributed by atoms with Gasteiger partial charge >= 0.3 is 0 Å². The van der Waals surface area contributed by atoms with Gasteiger partial charge in [-0.15, -0.1) is 30.4 Å². The Kier molecular flexibility index (Phi) is 10.7. The van der Waals surface area contributed by atoms with Crippen LogP contribution in [0.1, 0.15) is 54.0 Å². The third-order valence-corrected chi connectivity index (χ3v) is 6.62. The van der Waals surface area contributed by atoms with Crippen molar-refractivity contribution in [2.45, 2.75) is 66.0 Å². The van der Waals surface area contributed by atoms with Crippen LogP contribution in [-0.2, 0) is 21.7 Å². The summed E-state index contributed by atoms with van der Waals surface area (Å²) >= 11 is 0. The molecule has 1 aliphatic carbocycles. The van der Waals surface area contributed by atoms with Crippen molar-refractivity contribution >= 4 is 39.5 Å². The first kappa shape index (κ1) is 27.2. The van der Waals surface area contributed by atoms with Gasteiger partial charge in [0.2, 0.25) is 0 Å². The summed E-state index contributed by atoms with van der Waals surface area (Å²) in [6, 6.07) is 8.75. The van der Waals surface area contributed by atoms with Crippen molar-refractivity contribution in [3.63, 3.8) is 0 Å². The molecule has 138 valence electrons. The molecule has 2 rings (SSSR count). The molecule has 1 aromatic rings. The summed E-state index contributed by atoms with van der Waals surface area (Å²) < 4.78 is 0. The maximum absolute atomic E-state index is 5.11. The van der Waals surface area contributed by atoms with Gasteiger partial charge in [0.15, 0.2) is 0 Å². The zero-order chi connectivity index (χ0) is 16.7. The number of benzene rings is 1. The van der Waals surface area contributed by atoms with Crippen LogP contribution in [0.15, 0.2) is 46.7 Å². The molecule has 1 nitrogen and oxygen atoms in total. The second-order valence-electron chi connectivity index (χ2n) is 7.57. The van der Waals surface area contributed by atoms with Crippen molar-refractivity contribution in [1.82, 2.24) is 0 Å². The Hall–Kier alpha value is 0.0112. The Bertz CT molecular complexity index is 662. The van der Waals surface area contributed by atoms with E-state index in [-0.39, 0.29) is 57.1 Å². The van der Waals surface area contributed by atoms with Crippen molar-refractivity contribution < 1.29 is 21.7 Å². The molecule has 1 unspecified atom stereocenters. The molecule has 0 aliphatic heterocycles. The molecule has 0 saturated carbocycles. The maximum Gasteiger partial charge on any atom is 0.0963 e. The zero-order valence-electron chi connectivity index (χ0n) is 16.6. The zero-order valence-corrected chi connectivity index (χ0v) is 20.8. The standard InChI is InChI=1S/C20H28NSi.2ClH.Ti/c1-13-11-9-10-12-17(13)22-20(8)16(4)14(2)15(3)18(20)21-19(5,6)7;;;/h9-12H,1-8H3;2*1H;/q-1;;;.